The highest BCUT2D eigenvalue weighted by Crippen LogP contribution is 2.55. The second kappa shape index (κ2) is 8.39. The predicted molar refractivity (Wildman–Crippen MR) is 113 cm³/mol. The van der Waals surface area contributed by atoms with Crippen LogP contribution in [0, 0.1) is 29.1 Å². The largest absolute Gasteiger partial charge is 0.385 e. The highest BCUT2D eigenvalue weighted by Gasteiger charge is 2.65. The molecule has 6 heteroatoms. The van der Waals surface area contributed by atoms with Gasteiger partial charge < -0.3 is 15.5 Å². The number of amides is 1. The van der Waals surface area contributed by atoms with Crippen LogP contribution in [0.1, 0.15) is 60.3 Å². The molecule has 1 fully saturated rings. The van der Waals surface area contributed by atoms with Crippen molar-refractivity contribution in [2.24, 2.45) is 29.1 Å². The molecule has 3 N–H and O–H groups in total. The number of carbonyl (C=O) groups is 3. The summed E-state index contributed by atoms with van der Waals surface area (Å²) in [5.41, 5.74) is 0.734. The number of ketones is 2. The minimum atomic E-state index is -1.60. The summed E-state index contributed by atoms with van der Waals surface area (Å²) in [6.45, 7) is 10.2. The fraction of sp³-hybridized carbons (Fsp3) is 0.708. The van der Waals surface area contributed by atoms with E-state index in [-0.39, 0.29) is 30.2 Å². The maximum Gasteiger partial charge on any atom is 0.235 e. The minimum Gasteiger partial charge on any atom is -0.385 e. The zero-order chi connectivity index (χ0) is 22.4. The monoisotopic (exact) mass is 417 g/mol. The van der Waals surface area contributed by atoms with Crippen LogP contribution in [0.3, 0.4) is 0 Å². The molecule has 0 aromatic heterocycles. The maximum atomic E-state index is 13.7. The molecular formula is C24H35NO5. The van der Waals surface area contributed by atoms with Gasteiger partial charge in [-0.1, -0.05) is 44.1 Å². The average Bonchev–Trinajstić information content (AvgIpc) is 2.94. The average molecular weight is 418 g/mol. The molecule has 0 aromatic carbocycles. The summed E-state index contributed by atoms with van der Waals surface area (Å²) in [6.07, 6.45) is 2.04. The molecule has 1 aliphatic heterocycles. The molecule has 166 valence electrons. The molecule has 3 aliphatic rings. The highest BCUT2D eigenvalue weighted by molar-refractivity contribution is 6.10. The van der Waals surface area contributed by atoms with Crippen molar-refractivity contribution in [3.8, 4) is 0 Å². The van der Waals surface area contributed by atoms with E-state index in [1.807, 2.05) is 26.0 Å². The first kappa shape index (κ1) is 22.9. The van der Waals surface area contributed by atoms with Crippen molar-refractivity contribution < 1.29 is 24.6 Å². The number of aliphatic hydroxyl groups excluding tert-OH is 2. The Balaban J connectivity index is 2.19. The number of carbonyl (C=O) groups excluding carboxylic acids is 3. The summed E-state index contributed by atoms with van der Waals surface area (Å²) in [5, 5.41) is 23.7. The summed E-state index contributed by atoms with van der Waals surface area (Å²) < 4.78 is 0. The molecule has 0 bridgehead atoms. The van der Waals surface area contributed by atoms with Crippen LogP contribution in [-0.4, -0.2) is 45.9 Å². The van der Waals surface area contributed by atoms with Gasteiger partial charge in [-0.25, -0.2) is 0 Å². The Morgan fingerprint density at radius 2 is 1.80 bits per heavy atom. The quantitative estimate of drug-likeness (QED) is 0.473. The van der Waals surface area contributed by atoms with E-state index in [0.717, 1.165) is 17.6 Å². The third-order valence-electron chi connectivity index (χ3n) is 7.38. The van der Waals surface area contributed by atoms with Crippen LogP contribution in [0.2, 0.25) is 0 Å². The number of hydrogen-bond acceptors (Lipinski definition) is 5. The van der Waals surface area contributed by atoms with E-state index >= 15 is 0 Å². The van der Waals surface area contributed by atoms with Crippen molar-refractivity contribution in [3.05, 3.63) is 23.3 Å². The van der Waals surface area contributed by atoms with Crippen LogP contribution in [0.15, 0.2) is 23.3 Å². The summed E-state index contributed by atoms with van der Waals surface area (Å²) in [6, 6.07) is -0.139. The van der Waals surface area contributed by atoms with Crippen LogP contribution < -0.4 is 5.32 Å². The van der Waals surface area contributed by atoms with Gasteiger partial charge in [0.05, 0.1) is 0 Å². The lowest BCUT2D eigenvalue weighted by Gasteiger charge is -2.45. The number of aliphatic hydroxyl groups is 2. The third-order valence-corrected chi connectivity index (χ3v) is 7.38. The van der Waals surface area contributed by atoms with E-state index in [9.17, 15) is 24.6 Å². The fourth-order valence-electron chi connectivity index (χ4n) is 5.77. The summed E-state index contributed by atoms with van der Waals surface area (Å²) in [7, 11) is 0. The van der Waals surface area contributed by atoms with Crippen LogP contribution in [0.25, 0.3) is 0 Å². The smallest absolute Gasteiger partial charge is 0.235 e. The molecule has 7 atom stereocenters. The van der Waals surface area contributed by atoms with Crippen molar-refractivity contribution in [3.63, 3.8) is 0 Å². The molecule has 0 aromatic rings. The van der Waals surface area contributed by atoms with Gasteiger partial charge in [0.2, 0.25) is 5.91 Å². The Labute approximate surface area is 178 Å². The fourth-order valence-corrected chi connectivity index (χ4v) is 5.77. The Hall–Kier alpha value is -1.79. The van der Waals surface area contributed by atoms with E-state index in [1.165, 1.54) is 0 Å². The van der Waals surface area contributed by atoms with Crippen LogP contribution in [0.5, 0.6) is 0 Å². The van der Waals surface area contributed by atoms with Gasteiger partial charge in [-0.15, -0.1) is 0 Å². The topological polar surface area (TPSA) is 104 Å². The number of nitrogens with one attached hydrogen (secondary N) is 1. The normalized spacial score (nSPS) is 41.9. The van der Waals surface area contributed by atoms with E-state index in [2.05, 4.69) is 26.1 Å². The standard InChI is InChI=1S/C24H35NO5/c1-12(2)8-17-21-15(5)14(4)10-16-9-13(3)6-7-18(26)22(29)19(27)11-20(28)24(16,21)23(30)25-17/h9-10,12,15-19,21,26-27H,6-8,11H2,1-5H3,(H,25,30)/b13-9-/t15-,16+,17+,18?,19?,21+,24-/m1/s1. The van der Waals surface area contributed by atoms with Crippen molar-refractivity contribution in [2.45, 2.75) is 78.6 Å². The Bertz CT molecular complexity index is 797. The lowest BCUT2D eigenvalue weighted by molar-refractivity contribution is -0.149. The molecule has 1 amide bonds. The van der Waals surface area contributed by atoms with Gasteiger partial charge in [-0.3, -0.25) is 14.4 Å². The molecule has 0 radical (unpaired) electrons. The molecule has 6 nitrogen and oxygen atoms in total. The molecule has 2 unspecified atom stereocenters. The van der Waals surface area contributed by atoms with Gasteiger partial charge in [0.1, 0.15) is 17.6 Å². The molecule has 1 heterocycles. The van der Waals surface area contributed by atoms with Crippen LogP contribution in [0.4, 0.5) is 0 Å². The first-order chi connectivity index (χ1) is 14.0. The first-order valence-corrected chi connectivity index (χ1v) is 11.1. The first-order valence-electron chi connectivity index (χ1n) is 11.1. The number of hydrogen-bond donors (Lipinski definition) is 3. The van der Waals surface area contributed by atoms with E-state index < -0.39 is 41.5 Å². The Morgan fingerprint density at radius 1 is 1.13 bits per heavy atom. The van der Waals surface area contributed by atoms with Gasteiger partial charge in [-0.05, 0) is 44.9 Å². The number of rotatable bonds is 2. The van der Waals surface area contributed by atoms with Gasteiger partial charge in [0.15, 0.2) is 11.6 Å². The molecular weight excluding hydrogens is 382 g/mol. The molecule has 1 spiro atoms. The number of allylic oxidation sites excluding steroid dienone is 4. The van der Waals surface area contributed by atoms with Crippen molar-refractivity contribution in [2.75, 3.05) is 0 Å². The zero-order valence-electron chi connectivity index (χ0n) is 18.6. The van der Waals surface area contributed by atoms with Crippen molar-refractivity contribution in [1.82, 2.24) is 5.32 Å². The maximum absolute atomic E-state index is 13.7. The van der Waals surface area contributed by atoms with Gasteiger partial charge in [-0.2, -0.15) is 0 Å². The van der Waals surface area contributed by atoms with Gasteiger partial charge in [0.25, 0.3) is 0 Å². The van der Waals surface area contributed by atoms with E-state index in [0.29, 0.717) is 12.3 Å². The van der Waals surface area contributed by atoms with E-state index in [1.54, 1.807) is 0 Å². The summed E-state index contributed by atoms with van der Waals surface area (Å²) in [4.78, 5) is 39.7. The molecule has 0 saturated carbocycles. The second-order valence-corrected chi connectivity index (χ2v) is 9.94. The minimum absolute atomic E-state index is 0.0187. The van der Waals surface area contributed by atoms with Gasteiger partial charge >= 0.3 is 0 Å². The zero-order valence-corrected chi connectivity index (χ0v) is 18.6. The van der Waals surface area contributed by atoms with Gasteiger partial charge in [0, 0.05) is 24.3 Å². The summed E-state index contributed by atoms with van der Waals surface area (Å²) in [5.74, 6) is -1.75. The lowest BCUT2D eigenvalue weighted by atomic mass is 9.54. The number of Topliss-reactive ketones (excluding diaryl/α,β-unsaturated/α-hetero) is 2. The van der Waals surface area contributed by atoms with Crippen LogP contribution in [-0.2, 0) is 14.4 Å². The predicted octanol–water partition coefficient (Wildman–Crippen LogP) is 2.34. The molecule has 1 saturated heterocycles. The van der Waals surface area contributed by atoms with Crippen molar-refractivity contribution >= 4 is 17.5 Å². The SMILES string of the molecule is CC1=C[C@@H]2/C=C(/C)CCC(O)C(=O)C(O)CC(=O)[C@]23C(=O)N[C@@H](CC(C)C)[C@@H]3[C@@H]1C. The van der Waals surface area contributed by atoms with Crippen LogP contribution >= 0.6 is 0 Å². The molecule has 3 rings (SSSR count). The van der Waals surface area contributed by atoms with E-state index in [4.69, 9.17) is 0 Å². The Morgan fingerprint density at radius 3 is 2.43 bits per heavy atom. The summed E-state index contributed by atoms with van der Waals surface area (Å²) >= 11 is 0. The second-order valence-electron chi connectivity index (χ2n) is 9.94. The Kier molecular flexibility index (Phi) is 6.40. The molecule has 30 heavy (non-hydrogen) atoms. The third kappa shape index (κ3) is 3.69. The lowest BCUT2D eigenvalue weighted by Crippen LogP contribution is -2.53. The highest BCUT2D eigenvalue weighted by atomic mass is 16.3. The van der Waals surface area contributed by atoms with Crippen molar-refractivity contribution in [1.29, 1.82) is 0 Å². The molecule has 2 aliphatic carbocycles.